The van der Waals surface area contributed by atoms with Gasteiger partial charge in [-0.15, -0.1) is 6.42 Å². The van der Waals surface area contributed by atoms with Gasteiger partial charge in [0.05, 0.1) is 18.4 Å². The third-order valence-electron chi connectivity index (χ3n) is 6.38. The van der Waals surface area contributed by atoms with Crippen LogP contribution in [0.2, 0.25) is 0 Å². The number of terminal acetylenes is 1. The average Bonchev–Trinajstić information content (AvgIpc) is 3.25. The lowest BCUT2D eigenvalue weighted by Crippen LogP contribution is -2.95. The molecular formula is C23H26F4N9O+. The number of nitrogens with one attached hydrogen (secondary N) is 1. The van der Waals surface area contributed by atoms with Gasteiger partial charge >= 0.3 is 12.1 Å². The number of amidine groups is 2. The van der Waals surface area contributed by atoms with Crippen LogP contribution < -0.4 is 16.0 Å². The van der Waals surface area contributed by atoms with E-state index in [1.54, 1.807) is 15.8 Å². The van der Waals surface area contributed by atoms with Crippen molar-refractivity contribution in [2.75, 3.05) is 37.6 Å². The van der Waals surface area contributed by atoms with Gasteiger partial charge in [-0.1, -0.05) is 6.07 Å². The van der Waals surface area contributed by atoms with Gasteiger partial charge in [-0.2, -0.15) is 28.3 Å². The quantitative estimate of drug-likeness (QED) is 0.197. The summed E-state index contributed by atoms with van der Waals surface area (Å²) in [5.41, 5.74) is 3.01. The number of quaternary nitrogens is 1. The van der Waals surface area contributed by atoms with E-state index in [1.165, 1.54) is 11.4 Å². The summed E-state index contributed by atoms with van der Waals surface area (Å²) in [6.45, 7) is 3.82. The number of aromatic nitrogens is 2. The van der Waals surface area contributed by atoms with Crippen molar-refractivity contribution in [1.29, 1.82) is 5.41 Å². The van der Waals surface area contributed by atoms with Gasteiger partial charge in [0, 0.05) is 32.7 Å². The van der Waals surface area contributed by atoms with Crippen LogP contribution in [0.25, 0.3) is 0 Å². The standard InChI is InChI=1S/C23H25F4N9O/c1-3-18(28)31-19-15-13-30-36(20(15)33-21(29)32-19)11-8-34-6-9-35(10-7-34)17-5-4-14(12-16(17)24)22(2,37)23(25,26)27/h1,4-5,12-13,37H,6-11H2,2H3,(H4,28,29,31,32,33)/p+1. The van der Waals surface area contributed by atoms with E-state index in [2.05, 4.69) is 25.9 Å². The van der Waals surface area contributed by atoms with E-state index >= 15 is 0 Å². The Kier molecular flexibility index (Phi) is 7.05. The van der Waals surface area contributed by atoms with Crippen molar-refractivity contribution in [3.05, 3.63) is 41.3 Å². The van der Waals surface area contributed by atoms with Crippen LogP contribution in [0, 0.1) is 23.6 Å². The first-order chi connectivity index (χ1) is 17.4. The zero-order valence-electron chi connectivity index (χ0n) is 19.9. The molecule has 196 valence electrons. The second-order valence-electron chi connectivity index (χ2n) is 8.84. The summed E-state index contributed by atoms with van der Waals surface area (Å²) in [4.78, 5) is 12.3. The molecule has 1 unspecified atom stereocenters. The molecule has 6 N–H and O–H groups in total. The number of rotatable bonds is 5. The van der Waals surface area contributed by atoms with Gasteiger partial charge in [-0.05, 0) is 30.5 Å². The topological polar surface area (TPSA) is 136 Å². The Labute approximate surface area is 210 Å². The van der Waals surface area contributed by atoms with Crippen LogP contribution in [0.1, 0.15) is 18.1 Å². The number of hydrogen-bond acceptors (Lipinski definition) is 7. The van der Waals surface area contributed by atoms with Crippen LogP contribution in [0.15, 0.2) is 34.4 Å². The monoisotopic (exact) mass is 520 g/mol. The second kappa shape index (κ2) is 9.92. The first-order valence-corrected chi connectivity index (χ1v) is 11.4. The number of halogens is 4. The highest BCUT2D eigenvalue weighted by molar-refractivity contribution is 6.11. The summed E-state index contributed by atoms with van der Waals surface area (Å²) in [5.74, 6) is 2.23. The Hall–Kier alpha value is -3.80. The van der Waals surface area contributed by atoms with Gasteiger partial charge in [0.15, 0.2) is 11.4 Å². The minimum Gasteiger partial charge on any atom is -0.376 e. The molecule has 0 aliphatic carbocycles. The molecule has 0 bridgehead atoms. The fourth-order valence-corrected chi connectivity index (χ4v) is 4.14. The molecule has 37 heavy (non-hydrogen) atoms. The second-order valence-corrected chi connectivity index (χ2v) is 8.84. The molecule has 0 spiro atoms. The minimum absolute atomic E-state index is 0.188. The molecule has 0 radical (unpaired) electrons. The van der Waals surface area contributed by atoms with Crippen LogP contribution in [0.5, 0.6) is 0 Å². The Morgan fingerprint density at radius 2 is 1.97 bits per heavy atom. The van der Waals surface area contributed by atoms with Crippen molar-refractivity contribution in [2.45, 2.75) is 25.2 Å². The lowest BCUT2D eigenvalue weighted by molar-refractivity contribution is -0.409. The normalized spacial score (nSPS) is 19.2. The number of aliphatic imine (C=N–C) groups is 2. The molecule has 2 aromatic rings. The highest BCUT2D eigenvalue weighted by Gasteiger charge is 2.51. The molecule has 1 saturated heterocycles. The maximum absolute atomic E-state index is 14.7. The molecule has 4 rings (SSSR count). The van der Waals surface area contributed by atoms with Crippen molar-refractivity contribution >= 4 is 29.1 Å². The molecule has 2 aliphatic rings. The number of fused-ring (bicyclic) bond motifs is 1. The number of hydrogen-bond donors (Lipinski definition) is 4. The minimum atomic E-state index is -4.92. The fraction of sp³-hybridized carbons (Fsp3) is 0.391. The lowest BCUT2D eigenvalue weighted by atomic mass is 9.95. The van der Waals surface area contributed by atoms with Crippen LogP contribution in [-0.2, 0) is 12.1 Å². The van der Waals surface area contributed by atoms with E-state index in [-0.39, 0.29) is 17.5 Å². The van der Waals surface area contributed by atoms with E-state index < -0.39 is 23.2 Å². The average molecular weight is 521 g/mol. The molecule has 10 nitrogen and oxygen atoms in total. The third kappa shape index (κ3) is 5.33. The lowest BCUT2D eigenvalue weighted by Gasteiger charge is -2.36. The van der Waals surface area contributed by atoms with Gasteiger partial charge in [0.1, 0.15) is 11.4 Å². The van der Waals surface area contributed by atoms with Crippen molar-refractivity contribution in [1.82, 2.24) is 14.7 Å². The molecule has 1 aromatic carbocycles. The number of aliphatic hydroxyl groups is 1. The van der Waals surface area contributed by atoms with Crippen LogP contribution in [-0.4, -0.2) is 76.3 Å². The molecule has 0 amide bonds. The van der Waals surface area contributed by atoms with E-state index in [9.17, 15) is 22.7 Å². The number of benzene rings is 1. The fourth-order valence-electron chi connectivity index (χ4n) is 4.14. The Balaban J connectivity index is 1.38. The smallest absolute Gasteiger partial charge is 0.376 e. The summed E-state index contributed by atoms with van der Waals surface area (Å²) in [5, 5.41) is 23.3. The van der Waals surface area contributed by atoms with E-state index in [4.69, 9.17) is 17.6 Å². The zero-order chi connectivity index (χ0) is 27.0. The Morgan fingerprint density at radius 3 is 2.59 bits per heavy atom. The van der Waals surface area contributed by atoms with Gasteiger partial charge in [0.2, 0.25) is 11.7 Å². The molecule has 14 heteroatoms. The van der Waals surface area contributed by atoms with Gasteiger partial charge in [-0.25, -0.2) is 14.4 Å². The largest absolute Gasteiger partial charge is 0.421 e. The van der Waals surface area contributed by atoms with Crippen molar-refractivity contribution < 1.29 is 28.0 Å². The van der Waals surface area contributed by atoms with E-state index in [0.717, 1.165) is 12.1 Å². The SMILES string of the molecule is C#CC(=N)N=C1[NH2+]C(N)=Nc2c1cnn2CCN1CCN(c2ccc(C(C)(O)C(F)(F)F)cc2F)CC1. The molecule has 1 atom stereocenters. The number of piperazine rings is 1. The van der Waals surface area contributed by atoms with E-state index in [0.29, 0.717) is 63.4 Å². The predicted molar refractivity (Wildman–Crippen MR) is 129 cm³/mol. The predicted octanol–water partition coefficient (Wildman–Crippen LogP) is 0.494. The summed E-state index contributed by atoms with van der Waals surface area (Å²) in [6, 6.07) is 3.11. The van der Waals surface area contributed by atoms with Crippen LogP contribution >= 0.6 is 0 Å². The molecule has 1 fully saturated rings. The summed E-state index contributed by atoms with van der Waals surface area (Å²) < 4.78 is 55.7. The number of guanidine groups is 1. The molecule has 0 saturated carbocycles. The first kappa shape index (κ1) is 26.3. The third-order valence-corrected chi connectivity index (χ3v) is 6.38. The number of nitrogens with zero attached hydrogens (tertiary/aromatic N) is 6. The first-order valence-electron chi connectivity index (χ1n) is 11.4. The van der Waals surface area contributed by atoms with Gasteiger partial charge in [0.25, 0.3) is 0 Å². The van der Waals surface area contributed by atoms with Crippen molar-refractivity contribution in [3.8, 4) is 12.3 Å². The Bertz CT molecular complexity index is 1300. The van der Waals surface area contributed by atoms with Crippen LogP contribution in [0.3, 0.4) is 0 Å². The van der Waals surface area contributed by atoms with Gasteiger partial charge in [-0.3, -0.25) is 10.3 Å². The molecule has 2 aliphatic heterocycles. The maximum Gasteiger partial charge on any atom is 0.421 e. The maximum atomic E-state index is 14.7. The van der Waals surface area contributed by atoms with E-state index in [1.807, 2.05) is 0 Å². The zero-order valence-corrected chi connectivity index (χ0v) is 19.9. The Morgan fingerprint density at radius 1 is 1.27 bits per heavy atom. The highest BCUT2D eigenvalue weighted by atomic mass is 19.4. The van der Waals surface area contributed by atoms with Crippen molar-refractivity contribution in [3.63, 3.8) is 0 Å². The number of nitrogens with two attached hydrogens (primary N) is 2. The highest BCUT2D eigenvalue weighted by Crippen LogP contribution is 2.39. The van der Waals surface area contributed by atoms with Gasteiger partial charge < -0.3 is 15.7 Å². The molecule has 3 heterocycles. The summed E-state index contributed by atoms with van der Waals surface area (Å²) >= 11 is 0. The summed E-state index contributed by atoms with van der Waals surface area (Å²) in [6.07, 6.45) is 1.88. The van der Waals surface area contributed by atoms with Crippen molar-refractivity contribution in [2.24, 2.45) is 15.7 Å². The van der Waals surface area contributed by atoms with Crippen LogP contribution in [0.4, 0.5) is 29.1 Å². The summed E-state index contributed by atoms with van der Waals surface area (Å²) in [7, 11) is 0. The number of alkyl halides is 3. The molecular weight excluding hydrogens is 494 g/mol. The number of anilines is 1. The molecule has 1 aromatic heterocycles.